The van der Waals surface area contributed by atoms with Gasteiger partial charge in [0, 0.05) is 12.5 Å². The van der Waals surface area contributed by atoms with Gasteiger partial charge in [-0.15, -0.1) is 0 Å². The quantitative estimate of drug-likeness (QED) is 0.502. The molecule has 2 heteroatoms. The zero-order chi connectivity index (χ0) is 19.8. The molecule has 3 aromatic rings. The lowest BCUT2D eigenvalue weighted by Gasteiger charge is -2.24. The van der Waals surface area contributed by atoms with Crippen LogP contribution < -0.4 is 10.5 Å². The van der Waals surface area contributed by atoms with Gasteiger partial charge < -0.3 is 10.5 Å². The fourth-order valence-electron chi connectivity index (χ4n) is 3.49. The second-order valence-corrected chi connectivity index (χ2v) is 7.98. The van der Waals surface area contributed by atoms with Crippen LogP contribution >= 0.6 is 0 Å². The Morgan fingerprint density at radius 2 is 1.32 bits per heavy atom. The van der Waals surface area contributed by atoms with Crippen molar-refractivity contribution in [2.24, 2.45) is 5.73 Å². The Bertz CT molecular complexity index is 786. The Labute approximate surface area is 169 Å². The van der Waals surface area contributed by atoms with Gasteiger partial charge >= 0.3 is 0 Å². The van der Waals surface area contributed by atoms with E-state index in [2.05, 4.69) is 84.9 Å². The molecular formula is C26H31NO. The van der Waals surface area contributed by atoms with Gasteiger partial charge in [-0.05, 0) is 61.9 Å². The molecule has 3 aromatic carbocycles. The summed E-state index contributed by atoms with van der Waals surface area (Å²) in [6, 6.07) is 30.1. The highest BCUT2D eigenvalue weighted by molar-refractivity contribution is 5.32. The van der Waals surface area contributed by atoms with Gasteiger partial charge in [-0.3, -0.25) is 0 Å². The van der Waals surface area contributed by atoms with Gasteiger partial charge in [-0.2, -0.15) is 0 Å². The van der Waals surface area contributed by atoms with Gasteiger partial charge in [0.15, 0.2) is 0 Å². The van der Waals surface area contributed by atoms with Crippen molar-refractivity contribution in [3.8, 4) is 5.75 Å². The zero-order valence-electron chi connectivity index (χ0n) is 17.0. The van der Waals surface area contributed by atoms with E-state index < -0.39 is 0 Å². The van der Waals surface area contributed by atoms with Crippen LogP contribution in [0.2, 0.25) is 0 Å². The molecule has 0 atom stereocenters. The van der Waals surface area contributed by atoms with E-state index in [4.69, 9.17) is 10.5 Å². The van der Waals surface area contributed by atoms with Gasteiger partial charge in [-0.25, -0.2) is 0 Å². The van der Waals surface area contributed by atoms with Gasteiger partial charge in [0.1, 0.15) is 11.4 Å². The van der Waals surface area contributed by atoms with Crippen molar-refractivity contribution in [1.82, 2.24) is 0 Å². The van der Waals surface area contributed by atoms with E-state index in [9.17, 15) is 0 Å². The van der Waals surface area contributed by atoms with Crippen molar-refractivity contribution in [3.05, 3.63) is 102 Å². The van der Waals surface area contributed by atoms with Crippen molar-refractivity contribution in [2.75, 3.05) is 6.54 Å². The first-order valence-corrected chi connectivity index (χ1v) is 10.2. The molecule has 0 spiro atoms. The maximum absolute atomic E-state index is 5.94. The molecule has 0 fully saturated rings. The number of aryl methyl sites for hydroxylation is 1. The molecule has 0 unspecified atom stereocenters. The van der Waals surface area contributed by atoms with Crippen molar-refractivity contribution >= 4 is 0 Å². The van der Waals surface area contributed by atoms with Crippen molar-refractivity contribution in [2.45, 2.75) is 44.6 Å². The summed E-state index contributed by atoms with van der Waals surface area (Å²) in [5.74, 6) is 1.32. The van der Waals surface area contributed by atoms with Gasteiger partial charge in [0.2, 0.25) is 0 Å². The third kappa shape index (κ3) is 5.71. The molecule has 28 heavy (non-hydrogen) atoms. The molecule has 2 nitrogen and oxygen atoms in total. The third-order valence-electron chi connectivity index (χ3n) is 5.17. The van der Waals surface area contributed by atoms with E-state index in [-0.39, 0.29) is 5.60 Å². The van der Waals surface area contributed by atoms with Crippen molar-refractivity contribution in [1.29, 1.82) is 0 Å². The minimum absolute atomic E-state index is 0.333. The zero-order valence-corrected chi connectivity index (χ0v) is 17.0. The Hall–Kier alpha value is -2.58. The summed E-state index contributed by atoms with van der Waals surface area (Å²) < 4.78 is 5.94. The van der Waals surface area contributed by atoms with E-state index in [1.807, 2.05) is 13.8 Å². The minimum Gasteiger partial charge on any atom is -0.487 e. The van der Waals surface area contributed by atoms with Gasteiger partial charge in [-0.1, -0.05) is 72.8 Å². The highest BCUT2D eigenvalue weighted by Crippen LogP contribution is 2.30. The van der Waals surface area contributed by atoms with Crippen LogP contribution in [-0.2, 0) is 6.42 Å². The first-order chi connectivity index (χ1) is 13.6. The number of hydrogen-bond donors (Lipinski definition) is 1. The van der Waals surface area contributed by atoms with E-state index in [1.165, 1.54) is 16.7 Å². The molecule has 0 heterocycles. The van der Waals surface area contributed by atoms with Crippen LogP contribution in [0, 0.1) is 0 Å². The molecule has 2 N–H and O–H groups in total. The molecule has 3 rings (SSSR count). The smallest absolute Gasteiger partial charge is 0.120 e. The van der Waals surface area contributed by atoms with Crippen LogP contribution in [0.25, 0.3) is 0 Å². The molecule has 0 aromatic heterocycles. The molecule has 0 aliphatic rings. The molecule has 0 aliphatic heterocycles. The molecule has 146 valence electrons. The van der Waals surface area contributed by atoms with Crippen molar-refractivity contribution < 1.29 is 4.74 Å². The second-order valence-electron chi connectivity index (χ2n) is 7.98. The third-order valence-corrected chi connectivity index (χ3v) is 5.17. The van der Waals surface area contributed by atoms with Gasteiger partial charge in [0.25, 0.3) is 0 Å². The summed E-state index contributed by atoms with van der Waals surface area (Å²) in [7, 11) is 0. The predicted molar refractivity (Wildman–Crippen MR) is 118 cm³/mol. The average molecular weight is 374 g/mol. The second kappa shape index (κ2) is 9.57. The highest BCUT2D eigenvalue weighted by atomic mass is 16.5. The van der Waals surface area contributed by atoms with Crippen LogP contribution in [0.3, 0.4) is 0 Å². The first kappa shape index (κ1) is 20.2. The van der Waals surface area contributed by atoms with E-state index in [1.54, 1.807) is 0 Å². The maximum Gasteiger partial charge on any atom is 0.120 e. The lowest BCUT2D eigenvalue weighted by Crippen LogP contribution is -2.37. The lowest BCUT2D eigenvalue weighted by molar-refractivity contribution is 0.119. The minimum atomic E-state index is -0.333. The summed E-state index contributed by atoms with van der Waals surface area (Å²) in [5.41, 5.74) is 9.54. The standard InChI is InChI=1S/C26H31NO/c1-26(2,20-27)28-24-18-16-21(17-19-24)10-9-15-25(22-11-5-3-6-12-22)23-13-7-4-8-14-23/h3-8,11-14,16-19,25H,9-10,15,20,27H2,1-2H3. The number of benzene rings is 3. The average Bonchev–Trinajstić information content (AvgIpc) is 2.73. The molecular weight excluding hydrogens is 342 g/mol. The van der Waals surface area contributed by atoms with E-state index in [0.717, 1.165) is 25.0 Å². The van der Waals surface area contributed by atoms with E-state index >= 15 is 0 Å². The van der Waals surface area contributed by atoms with Crippen LogP contribution in [0.15, 0.2) is 84.9 Å². The summed E-state index contributed by atoms with van der Waals surface area (Å²) in [5, 5.41) is 0. The number of ether oxygens (including phenoxy) is 1. The normalized spacial score (nSPS) is 11.6. The SMILES string of the molecule is CC(C)(CN)Oc1ccc(CCCC(c2ccccc2)c2ccccc2)cc1. The molecule has 0 saturated carbocycles. The van der Waals surface area contributed by atoms with Crippen LogP contribution in [0.4, 0.5) is 0 Å². The summed E-state index contributed by atoms with van der Waals surface area (Å²) in [4.78, 5) is 0. The first-order valence-electron chi connectivity index (χ1n) is 10.2. The maximum atomic E-state index is 5.94. The monoisotopic (exact) mass is 373 g/mol. The molecule has 0 saturated heterocycles. The topological polar surface area (TPSA) is 35.2 Å². The van der Waals surface area contributed by atoms with Crippen LogP contribution in [-0.4, -0.2) is 12.1 Å². The van der Waals surface area contributed by atoms with Gasteiger partial charge in [0.05, 0.1) is 0 Å². The Balaban J connectivity index is 1.62. The van der Waals surface area contributed by atoms with Crippen molar-refractivity contribution in [3.63, 3.8) is 0 Å². The highest BCUT2D eigenvalue weighted by Gasteiger charge is 2.17. The predicted octanol–water partition coefficient (Wildman–Crippen LogP) is 5.96. The number of hydrogen-bond acceptors (Lipinski definition) is 2. The summed E-state index contributed by atoms with van der Waals surface area (Å²) >= 11 is 0. The molecule has 0 bridgehead atoms. The Morgan fingerprint density at radius 3 is 1.82 bits per heavy atom. The summed E-state index contributed by atoms with van der Waals surface area (Å²) in [6.07, 6.45) is 3.34. The van der Waals surface area contributed by atoms with Crippen LogP contribution in [0.1, 0.15) is 49.3 Å². The number of rotatable bonds is 9. The van der Waals surface area contributed by atoms with Crippen LogP contribution in [0.5, 0.6) is 5.75 Å². The Kier molecular flexibility index (Phi) is 6.89. The summed E-state index contributed by atoms with van der Waals surface area (Å²) in [6.45, 7) is 4.51. The molecule has 0 aliphatic carbocycles. The molecule has 0 radical (unpaired) electrons. The fourth-order valence-corrected chi connectivity index (χ4v) is 3.49. The largest absolute Gasteiger partial charge is 0.487 e. The number of nitrogens with two attached hydrogens (primary N) is 1. The van der Waals surface area contributed by atoms with E-state index in [0.29, 0.717) is 12.5 Å². The lowest BCUT2D eigenvalue weighted by atomic mass is 9.86. The Morgan fingerprint density at radius 1 is 0.786 bits per heavy atom. The fraction of sp³-hybridized carbons (Fsp3) is 0.308. The molecule has 0 amide bonds.